The Morgan fingerprint density at radius 1 is 0.353 bits per heavy atom. The molecule has 0 amide bonds. The first kappa shape index (κ1) is 39.9. The molecule has 0 aliphatic heterocycles. The van der Waals surface area contributed by atoms with Crippen molar-refractivity contribution in [2.75, 3.05) is 4.90 Å². The van der Waals surface area contributed by atoms with Crippen molar-refractivity contribution in [3.63, 3.8) is 0 Å². The second-order valence-electron chi connectivity index (χ2n) is 18.8. The summed E-state index contributed by atoms with van der Waals surface area (Å²) in [5.41, 5.74) is 22.8. The van der Waals surface area contributed by atoms with Gasteiger partial charge in [0, 0.05) is 39.1 Å². The molecule has 322 valence electrons. The minimum Gasteiger partial charge on any atom is -0.311 e. The van der Waals surface area contributed by atoms with E-state index in [2.05, 4.69) is 278 Å². The van der Waals surface area contributed by atoms with Crippen molar-refractivity contribution in [2.45, 2.75) is 24.7 Å². The lowest BCUT2D eigenvalue weighted by Gasteiger charge is -2.35. The maximum absolute atomic E-state index is 2.53. The van der Waals surface area contributed by atoms with Crippen LogP contribution in [0.15, 0.2) is 255 Å². The molecule has 68 heavy (non-hydrogen) atoms. The van der Waals surface area contributed by atoms with Gasteiger partial charge in [0.2, 0.25) is 0 Å². The number of aromatic nitrogens is 1. The van der Waals surface area contributed by atoms with Crippen LogP contribution in [0.3, 0.4) is 0 Å². The first-order valence-electron chi connectivity index (χ1n) is 23.8. The summed E-state index contributed by atoms with van der Waals surface area (Å²) in [6.45, 7) is 4.72. The zero-order chi connectivity index (χ0) is 45.4. The van der Waals surface area contributed by atoms with Gasteiger partial charge in [-0.3, -0.25) is 0 Å². The van der Waals surface area contributed by atoms with Gasteiger partial charge >= 0.3 is 0 Å². The number of nitrogens with zero attached hydrogens (tertiary/aromatic N) is 2. The van der Waals surface area contributed by atoms with Crippen LogP contribution in [0.4, 0.5) is 17.1 Å². The van der Waals surface area contributed by atoms with E-state index in [0.29, 0.717) is 0 Å². The van der Waals surface area contributed by atoms with E-state index in [1.54, 1.807) is 0 Å². The molecule has 2 nitrogen and oxygen atoms in total. The van der Waals surface area contributed by atoms with Crippen LogP contribution in [0.1, 0.15) is 47.4 Å². The maximum atomic E-state index is 2.53. The quantitative estimate of drug-likeness (QED) is 0.148. The lowest BCUT2D eigenvalue weighted by Crippen LogP contribution is -2.31. The summed E-state index contributed by atoms with van der Waals surface area (Å²) in [4.78, 5) is 2.42. The molecule has 2 aliphatic rings. The molecule has 0 fully saturated rings. The van der Waals surface area contributed by atoms with Gasteiger partial charge in [-0.2, -0.15) is 0 Å². The van der Waals surface area contributed by atoms with Crippen LogP contribution in [-0.2, 0) is 10.8 Å². The molecule has 10 aromatic carbocycles. The van der Waals surface area contributed by atoms with Gasteiger partial charge in [0.1, 0.15) is 0 Å². The minimum atomic E-state index is -0.577. The second-order valence-corrected chi connectivity index (χ2v) is 18.8. The monoisotopic (exact) mass is 868 g/mol. The first-order chi connectivity index (χ1) is 33.5. The Bertz CT molecular complexity index is 3620. The number of para-hydroxylation sites is 2. The number of hydrogen-bond acceptors (Lipinski definition) is 1. The Balaban J connectivity index is 0.974. The van der Waals surface area contributed by atoms with Crippen molar-refractivity contribution >= 4 is 28.0 Å². The van der Waals surface area contributed by atoms with Crippen LogP contribution < -0.4 is 4.90 Å². The lowest BCUT2D eigenvalue weighted by atomic mass is 9.69. The molecular weight excluding hydrogens is 821 g/mol. The molecule has 0 radical (unpaired) electrons. The number of anilines is 3. The maximum Gasteiger partial charge on any atom is 0.0870 e. The van der Waals surface area contributed by atoms with Crippen molar-refractivity contribution in [1.82, 2.24) is 4.57 Å². The van der Waals surface area contributed by atoms with Crippen molar-refractivity contribution < 1.29 is 0 Å². The predicted molar refractivity (Wildman–Crippen MR) is 284 cm³/mol. The Kier molecular flexibility index (Phi) is 9.13. The molecule has 11 aromatic rings. The van der Waals surface area contributed by atoms with E-state index in [1.165, 1.54) is 88.9 Å². The SMILES string of the molecule is CC1(C)c2ccccc2-c2ccc(N(c3ccc(-c4ccccc4)cc3)c3ccc(-c4ccc5c(c4)-c4c(n(-c6ccccc6)c6ccccc46)C5(c4ccccc4)c4ccccc4)cc3)cc21. The second kappa shape index (κ2) is 15.6. The minimum absolute atomic E-state index is 0.117. The molecule has 1 aromatic heterocycles. The van der Waals surface area contributed by atoms with E-state index >= 15 is 0 Å². The fourth-order valence-electron chi connectivity index (χ4n) is 11.7. The van der Waals surface area contributed by atoms with Crippen molar-refractivity contribution in [1.29, 1.82) is 0 Å². The third kappa shape index (κ3) is 5.97. The molecule has 0 saturated heterocycles. The van der Waals surface area contributed by atoms with E-state index in [0.717, 1.165) is 22.7 Å². The topological polar surface area (TPSA) is 8.17 Å². The molecule has 0 N–H and O–H groups in total. The summed E-state index contributed by atoms with van der Waals surface area (Å²) < 4.78 is 2.53. The summed E-state index contributed by atoms with van der Waals surface area (Å²) in [7, 11) is 0. The highest BCUT2D eigenvalue weighted by atomic mass is 15.1. The van der Waals surface area contributed by atoms with Gasteiger partial charge in [0.05, 0.1) is 16.6 Å². The summed E-state index contributed by atoms with van der Waals surface area (Å²) in [5.74, 6) is 0. The van der Waals surface area contributed by atoms with E-state index in [-0.39, 0.29) is 5.41 Å². The Morgan fingerprint density at radius 2 is 0.853 bits per heavy atom. The van der Waals surface area contributed by atoms with Gasteiger partial charge < -0.3 is 9.47 Å². The van der Waals surface area contributed by atoms with Gasteiger partial charge in [-0.15, -0.1) is 0 Å². The highest BCUT2D eigenvalue weighted by Gasteiger charge is 2.50. The average molecular weight is 869 g/mol. The van der Waals surface area contributed by atoms with Crippen LogP contribution >= 0.6 is 0 Å². The van der Waals surface area contributed by atoms with Crippen LogP contribution in [0.2, 0.25) is 0 Å². The van der Waals surface area contributed by atoms with Crippen LogP contribution in [0.25, 0.3) is 61.1 Å². The number of benzene rings is 10. The standard InChI is InChI=1S/C66H48N2/c1-65(2)59-29-17-15-27-55(59)56-41-40-54(44-61(56)65)67(52-36-31-46(32-37-52)45-19-7-3-8-20-45)53-38-33-47(34-39-53)48-35-42-60-58(43-48)63-57-28-16-18-30-62(57)68(51-25-13-6-14-26-51)64(63)66(60,49-21-9-4-10-22-49)50-23-11-5-12-24-50/h3-44H,1-2H3. The largest absolute Gasteiger partial charge is 0.311 e. The average Bonchev–Trinajstić information content (AvgIpc) is 3.99. The molecule has 0 bridgehead atoms. The number of hydrogen-bond donors (Lipinski definition) is 0. The van der Waals surface area contributed by atoms with Gasteiger partial charge in [0.15, 0.2) is 0 Å². The van der Waals surface area contributed by atoms with E-state index in [1.807, 2.05) is 0 Å². The van der Waals surface area contributed by atoms with Crippen LogP contribution in [0, 0.1) is 0 Å². The molecule has 0 atom stereocenters. The molecule has 1 heterocycles. The molecule has 0 unspecified atom stereocenters. The fraction of sp³-hybridized carbons (Fsp3) is 0.0606. The van der Waals surface area contributed by atoms with Gasteiger partial charge in [-0.05, 0) is 127 Å². The van der Waals surface area contributed by atoms with E-state index in [4.69, 9.17) is 0 Å². The summed E-state index contributed by atoms with van der Waals surface area (Å²) in [6.07, 6.45) is 0. The fourth-order valence-corrected chi connectivity index (χ4v) is 11.7. The first-order valence-corrected chi connectivity index (χ1v) is 23.8. The zero-order valence-corrected chi connectivity index (χ0v) is 38.1. The third-order valence-electron chi connectivity index (χ3n) is 14.9. The van der Waals surface area contributed by atoms with E-state index < -0.39 is 5.41 Å². The highest BCUT2D eigenvalue weighted by Crippen LogP contribution is 2.60. The highest BCUT2D eigenvalue weighted by molar-refractivity contribution is 6.06. The smallest absolute Gasteiger partial charge is 0.0870 e. The lowest BCUT2D eigenvalue weighted by molar-refractivity contribution is 0.660. The van der Waals surface area contributed by atoms with Gasteiger partial charge in [-0.1, -0.05) is 208 Å². The molecule has 0 spiro atoms. The summed E-state index contributed by atoms with van der Waals surface area (Å²) in [5, 5.41) is 1.25. The third-order valence-corrected chi connectivity index (χ3v) is 14.9. The summed E-state index contributed by atoms with van der Waals surface area (Å²) >= 11 is 0. The Morgan fingerprint density at radius 3 is 1.51 bits per heavy atom. The van der Waals surface area contributed by atoms with Crippen molar-refractivity contribution in [2.24, 2.45) is 0 Å². The normalized spacial score (nSPS) is 13.7. The molecule has 2 heteroatoms. The number of fused-ring (bicyclic) bond motifs is 8. The molecule has 13 rings (SSSR count). The van der Waals surface area contributed by atoms with Gasteiger partial charge in [-0.25, -0.2) is 0 Å². The Labute approximate surface area is 398 Å². The van der Waals surface area contributed by atoms with Gasteiger partial charge in [0.25, 0.3) is 0 Å². The van der Waals surface area contributed by atoms with Crippen LogP contribution in [-0.4, -0.2) is 4.57 Å². The van der Waals surface area contributed by atoms with Crippen molar-refractivity contribution in [3.05, 3.63) is 288 Å². The Hall–Kier alpha value is -8.46. The summed E-state index contributed by atoms with van der Waals surface area (Å²) in [6, 6.07) is 94.1. The predicted octanol–water partition coefficient (Wildman–Crippen LogP) is 17.1. The van der Waals surface area contributed by atoms with Crippen molar-refractivity contribution in [3.8, 4) is 50.2 Å². The van der Waals surface area contributed by atoms with Crippen LogP contribution in [0.5, 0.6) is 0 Å². The molecular formula is C66H48N2. The number of rotatable bonds is 8. The molecule has 2 aliphatic carbocycles. The zero-order valence-electron chi connectivity index (χ0n) is 38.1. The molecule has 0 saturated carbocycles. The van der Waals surface area contributed by atoms with E-state index in [9.17, 15) is 0 Å².